The van der Waals surface area contributed by atoms with Gasteiger partial charge in [0.15, 0.2) is 0 Å². The maximum atomic E-state index is 9.22. The monoisotopic (exact) mass is 214 g/mol. The van der Waals surface area contributed by atoms with Gasteiger partial charge < -0.3 is 15.7 Å². The van der Waals surface area contributed by atoms with Crippen molar-refractivity contribution in [3.8, 4) is 0 Å². The smallest absolute Gasteiger partial charge is 0.0546 e. The predicted molar refractivity (Wildman–Crippen MR) is 63.7 cm³/mol. The van der Waals surface area contributed by atoms with Crippen LogP contribution in [-0.2, 0) is 0 Å². The molecule has 1 aliphatic carbocycles. The fraction of sp³-hybridized carbons (Fsp3) is 1.00. The van der Waals surface area contributed by atoms with Crippen LogP contribution in [0.3, 0.4) is 0 Å². The van der Waals surface area contributed by atoms with E-state index in [0.717, 1.165) is 38.9 Å². The minimum atomic E-state index is -0.0320. The second kappa shape index (κ2) is 5.28. The lowest BCUT2D eigenvalue weighted by Crippen LogP contribution is -2.43. The fourth-order valence-electron chi connectivity index (χ4n) is 2.33. The number of hydrogen-bond acceptors (Lipinski definition) is 3. The average Bonchev–Trinajstić information content (AvgIpc) is 2.15. The molecular formula is C12H26N2O. The standard InChI is InChI=1S/C12H26N2O/c1-4-12(2,8-13)9-14(3)7-10-5-11(15)6-10/h10-11,15H,4-9,13H2,1-3H3. The largest absolute Gasteiger partial charge is 0.393 e. The molecule has 0 amide bonds. The summed E-state index contributed by atoms with van der Waals surface area (Å²) in [6.45, 7) is 7.37. The Morgan fingerprint density at radius 2 is 2.07 bits per heavy atom. The van der Waals surface area contributed by atoms with E-state index in [1.165, 1.54) is 0 Å². The highest BCUT2D eigenvalue weighted by molar-refractivity contribution is 4.83. The Kier molecular flexibility index (Phi) is 4.56. The van der Waals surface area contributed by atoms with Crippen LogP contribution >= 0.6 is 0 Å². The number of nitrogens with zero attached hydrogens (tertiary/aromatic N) is 1. The molecule has 0 saturated heterocycles. The number of aliphatic hydroxyl groups is 1. The first-order valence-corrected chi connectivity index (χ1v) is 6.06. The molecule has 0 spiro atoms. The molecule has 0 aromatic rings. The van der Waals surface area contributed by atoms with Gasteiger partial charge in [-0.05, 0) is 44.2 Å². The molecule has 3 nitrogen and oxygen atoms in total. The molecule has 1 unspecified atom stereocenters. The predicted octanol–water partition coefficient (Wildman–Crippen LogP) is 1.06. The number of aliphatic hydroxyl groups excluding tert-OH is 1. The van der Waals surface area contributed by atoms with Crippen molar-refractivity contribution in [1.29, 1.82) is 0 Å². The van der Waals surface area contributed by atoms with E-state index >= 15 is 0 Å². The van der Waals surface area contributed by atoms with E-state index in [2.05, 4.69) is 25.8 Å². The average molecular weight is 214 g/mol. The summed E-state index contributed by atoms with van der Waals surface area (Å²) >= 11 is 0. The molecule has 0 aromatic carbocycles. The molecule has 0 heterocycles. The van der Waals surface area contributed by atoms with Crippen LogP contribution in [0.2, 0.25) is 0 Å². The van der Waals surface area contributed by atoms with E-state index < -0.39 is 0 Å². The number of hydrogen-bond donors (Lipinski definition) is 2. The second-order valence-corrected chi connectivity index (χ2v) is 5.56. The summed E-state index contributed by atoms with van der Waals surface area (Å²) in [7, 11) is 2.16. The van der Waals surface area contributed by atoms with Crippen molar-refractivity contribution in [2.45, 2.75) is 39.2 Å². The Labute approximate surface area is 93.6 Å². The zero-order valence-corrected chi connectivity index (χ0v) is 10.4. The number of rotatable bonds is 6. The third-order valence-corrected chi connectivity index (χ3v) is 3.78. The zero-order valence-electron chi connectivity index (χ0n) is 10.4. The maximum Gasteiger partial charge on any atom is 0.0546 e. The lowest BCUT2D eigenvalue weighted by molar-refractivity contribution is 0.0228. The Hall–Kier alpha value is -0.120. The van der Waals surface area contributed by atoms with Crippen LogP contribution in [0.15, 0.2) is 0 Å². The molecule has 1 rings (SSSR count). The summed E-state index contributed by atoms with van der Waals surface area (Å²) in [6.07, 6.45) is 3.06. The maximum absolute atomic E-state index is 9.22. The van der Waals surface area contributed by atoms with Gasteiger partial charge in [0, 0.05) is 13.1 Å². The lowest BCUT2D eigenvalue weighted by Gasteiger charge is -2.38. The summed E-state index contributed by atoms with van der Waals surface area (Å²) in [5.74, 6) is 0.698. The molecule has 0 aromatic heterocycles. The molecule has 0 aliphatic heterocycles. The highest BCUT2D eigenvalue weighted by Crippen LogP contribution is 2.29. The van der Waals surface area contributed by atoms with Crippen molar-refractivity contribution < 1.29 is 5.11 Å². The van der Waals surface area contributed by atoms with Gasteiger partial charge in [0.2, 0.25) is 0 Å². The van der Waals surface area contributed by atoms with Gasteiger partial charge in [-0.3, -0.25) is 0 Å². The van der Waals surface area contributed by atoms with Crippen molar-refractivity contribution in [2.75, 3.05) is 26.7 Å². The van der Waals surface area contributed by atoms with Crippen LogP contribution in [0, 0.1) is 11.3 Å². The molecule has 1 aliphatic rings. The third kappa shape index (κ3) is 3.74. The molecule has 3 N–H and O–H groups in total. The zero-order chi connectivity index (χ0) is 11.5. The first-order chi connectivity index (χ1) is 6.99. The van der Waals surface area contributed by atoms with E-state index in [9.17, 15) is 5.11 Å². The van der Waals surface area contributed by atoms with Gasteiger partial charge in [0.25, 0.3) is 0 Å². The van der Waals surface area contributed by atoms with E-state index in [4.69, 9.17) is 5.73 Å². The molecule has 0 radical (unpaired) electrons. The Balaban J connectivity index is 2.25. The molecular weight excluding hydrogens is 188 g/mol. The van der Waals surface area contributed by atoms with Crippen molar-refractivity contribution >= 4 is 0 Å². The van der Waals surface area contributed by atoms with Crippen molar-refractivity contribution in [1.82, 2.24) is 4.90 Å². The molecule has 90 valence electrons. The van der Waals surface area contributed by atoms with Crippen molar-refractivity contribution in [3.05, 3.63) is 0 Å². The first-order valence-electron chi connectivity index (χ1n) is 6.06. The second-order valence-electron chi connectivity index (χ2n) is 5.56. The Morgan fingerprint density at radius 1 is 1.47 bits per heavy atom. The van der Waals surface area contributed by atoms with Crippen LogP contribution in [-0.4, -0.2) is 42.8 Å². The summed E-state index contributed by atoms with van der Waals surface area (Å²) in [6, 6.07) is 0. The van der Waals surface area contributed by atoms with E-state index in [-0.39, 0.29) is 11.5 Å². The molecule has 1 fully saturated rings. The topological polar surface area (TPSA) is 49.5 Å². The first kappa shape index (κ1) is 12.9. The number of nitrogens with two attached hydrogens (primary N) is 1. The van der Waals surface area contributed by atoms with Crippen molar-refractivity contribution in [3.63, 3.8) is 0 Å². The van der Waals surface area contributed by atoms with Gasteiger partial charge in [-0.1, -0.05) is 13.8 Å². The third-order valence-electron chi connectivity index (χ3n) is 3.78. The molecule has 0 bridgehead atoms. The summed E-state index contributed by atoms with van der Waals surface area (Å²) in [5.41, 5.74) is 6.05. The van der Waals surface area contributed by atoms with Gasteiger partial charge in [-0.2, -0.15) is 0 Å². The van der Waals surface area contributed by atoms with Gasteiger partial charge >= 0.3 is 0 Å². The van der Waals surface area contributed by atoms with Crippen LogP contribution in [0.1, 0.15) is 33.1 Å². The quantitative estimate of drug-likeness (QED) is 0.695. The molecule has 3 heteroatoms. The summed E-state index contributed by atoms with van der Waals surface area (Å²) < 4.78 is 0. The highest BCUT2D eigenvalue weighted by atomic mass is 16.3. The summed E-state index contributed by atoms with van der Waals surface area (Å²) in [5, 5.41) is 9.22. The SMILES string of the molecule is CCC(C)(CN)CN(C)CC1CC(O)C1. The molecule has 1 saturated carbocycles. The van der Waals surface area contributed by atoms with Crippen LogP contribution in [0.4, 0.5) is 0 Å². The van der Waals surface area contributed by atoms with Gasteiger partial charge in [0.05, 0.1) is 6.10 Å². The van der Waals surface area contributed by atoms with Crippen LogP contribution < -0.4 is 5.73 Å². The van der Waals surface area contributed by atoms with Gasteiger partial charge in [0.1, 0.15) is 0 Å². The van der Waals surface area contributed by atoms with Gasteiger partial charge in [-0.15, -0.1) is 0 Å². The Bertz CT molecular complexity index is 186. The van der Waals surface area contributed by atoms with E-state index in [1.807, 2.05) is 0 Å². The minimum absolute atomic E-state index is 0.0320. The van der Waals surface area contributed by atoms with E-state index in [0.29, 0.717) is 5.92 Å². The fourth-order valence-corrected chi connectivity index (χ4v) is 2.33. The summed E-state index contributed by atoms with van der Waals surface area (Å²) in [4.78, 5) is 2.37. The lowest BCUT2D eigenvalue weighted by atomic mass is 9.81. The minimum Gasteiger partial charge on any atom is -0.393 e. The van der Waals surface area contributed by atoms with Crippen LogP contribution in [0.25, 0.3) is 0 Å². The van der Waals surface area contributed by atoms with Crippen LogP contribution in [0.5, 0.6) is 0 Å². The van der Waals surface area contributed by atoms with Gasteiger partial charge in [-0.25, -0.2) is 0 Å². The highest BCUT2D eigenvalue weighted by Gasteiger charge is 2.29. The van der Waals surface area contributed by atoms with E-state index in [1.54, 1.807) is 0 Å². The Morgan fingerprint density at radius 3 is 2.47 bits per heavy atom. The molecule has 15 heavy (non-hydrogen) atoms. The van der Waals surface area contributed by atoms with Crippen molar-refractivity contribution in [2.24, 2.45) is 17.1 Å². The molecule has 1 atom stereocenters. The normalized spacial score (nSPS) is 30.0.